The minimum absolute atomic E-state index is 0.277. The highest BCUT2D eigenvalue weighted by Crippen LogP contribution is 2.47. The van der Waals surface area contributed by atoms with Gasteiger partial charge in [0.05, 0.1) is 0 Å². The van der Waals surface area contributed by atoms with Crippen molar-refractivity contribution in [3.63, 3.8) is 0 Å². The standard InChI is InChI=1S/C12H16OS2/c1-2-3-6-9-13-12-14-10-7-4-5-8-11(10)15-12/h4-5,7-8,12H,2-3,6,9H2,1H3. The molecule has 0 aliphatic carbocycles. The Kier molecular flexibility index (Phi) is 4.42. The van der Waals surface area contributed by atoms with E-state index in [1.807, 2.05) is 23.5 Å². The molecule has 0 fully saturated rings. The topological polar surface area (TPSA) is 9.23 Å². The summed E-state index contributed by atoms with van der Waals surface area (Å²) in [6.07, 6.45) is 3.72. The van der Waals surface area contributed by atoms with E-state index in [1.54, 1.807) is 0 Å². The highest BCUT2D eigenvalue weighted by Gasteiger charge is 2.22. The first-order valence-corrected chi connectivity index (χ1v) is 7.20. The summed E-state index contributed by atoms with van der Waals surface area (Å²) in [5.41, 5.74) is 0. The second-order valence-corrected chi connectivity index (χ2v) is 6.05. The summed E-state index contributed by atoms with van der Waals surface area (Å²) < 4.78 is 6.09. The van der Waals surface area contributed by atoms with Gasteiger partial charge in [0.1, 0.15) is 0 Å². The van der Waals surface area contributed by atoms with Crippen molar-refractivity contribution in [2.45, 2.75) is 40.7 Å². The number of fused-ring (bicyclic) bond motifs is 1. The molecule has 2 rings (SSSR count). The van der Waals surface area contributed by atoms with Crippen LogP contribution in [0.2, 0.25) is 0 Å². The molecule has 0 aromatic heterocycles. The average Bonchev–Trinajstić information content (AvgIpc) is 2.67. The molecule has 0 amide bonds. The highest BCUT2D eigenvalue weighted by atomic mass is 32.2. The third-order valence-corrected chi connectivity index (χ3v) is 4.88. The maximum atomic E-state index is 5.81. The van der Waals surface area contributed by atoms with Crippen molar-refractivity contribution in [2.24, 2.45) is 0 Å². The molecule has 3 heteroatoms. The van der Waals surface area contributed by atoms with E-state index in [2.05, 4.69) is 31.2 Å². The lowest BCUT2D eigenvalue weighted by Gasteiger charge is -2.08. The molecule has 1 aliphatic rings. The average molecular weight is 240 g/mol. The van der Waals surface area contributed by atoms with Crippen molar-refractivity contribution in [1.29, 1.82) is 0 Å². The molecule has 0 saturated heterocycles. The maximum absolute atomic E-state index is 5.81. The Hall–Kier alpha value is -0.120. The molecule has 1 aliphatic heterocycles. The molecular formula is C12H16OS2. The Morgan fingerprint density at radius 1 is 1.13 bits per heavy atom. The molecule has 1 aromatic rings. The summed E-state index contributed by atoms with van der Waals surface area (Å²) in [5, 5.41) is 0. The predicted octanol–water partition coefficient (Wildman–Crippen LogP) is 4.37. The van der Waals surface area contributed by atoms with Gasteiger partial charge in [-0.3, -0.25) is 0 Å². The zero-order valence-electron chi connectivity index (χ0n) is 8.94. The molecule has 0 spiro atoms. The molecule has 82 valence electrons. The zero-order valence-corrected chi connectivity index (χ0v) is 10.6. The van der Waals surface area contributed by atoms with Crippen LogP contribution < -0.4 is 0 Å². The molecule has 0 saturated carbocycles. The van der Waals surface area contributed by atoms with Gasteiger partial charge in [0.2, 0.25) is 0 Å². The number of benzene rings is 1. The fraction of sp³-hybridized carbons (Fsp3) is 0.500. The Balaban J connectivity index is 1.76. The number of unbranched alkanes of at least 4 members (excludes halogenated alkanes) is 2. The zero-order chi connectivity index (χ0) is 10.5. The monoisotopic (exact) mass is 240 g/mol. The Morgan fingerprint density at radius 2 is 1.80 bits per heavy atom. The van der Waals surface area contributed by atoms with Gasteiger partial charge in [0.15, 0.2) is 4.77 Å². The van der Waals surface area contributed by atoms with E-state index in [0.717, 1.165) is 6.61 Å². The number of thioether (sulfide) groups is 2. The second-order valence-electron chi connectivity index (χ2n) is 3.55. The van der Waals surface area contributed by atoms with Gasteiger partial charge in [-0.2, -0.15) is 0 Å². The highest BCUT2D eigenvalue weighted by molar-refractivity contribution is 8.19. The van der Waals surface area contributed by atoms with E-state index in [-0.39, 0.29) is 4.77 Å². The van der Waals surface area contributed by atoms with Gasteiger partial charge in [-0.15, -0.1) is 0 Å². The number of hydrogen-bond donors (Lipinski definition) is 0. The quantitative estimate of drug-likeness (QED) is 0.707. The van der Waals surface area contributed by atoms with Gasteiger partial charge >= 0.3 is 0 Å². The minimum Gasteiger partial charge on any atom is -0.357 e. The Morgan fingerprint density at radius 3 is 2.40 bits per heavy atom. The first-order valence-electron chi connectivity index (χ1n) is 5.44. The summed E-state index contributed by atoms with van der Waals surface area (Å²) in [7, 11) is 0. The molecule has 0 N–H and O–H groups in total. The third kappa shape index (κ3) is 3.16. The van der Waals surface area contributed by atoms with Crippen LogP contribution >= 0.6 is 23.5 Å². The predicted molar refractivity (Wildman–Crippen MR) is 67.4 cm³/mol. The normalized spacial score (nSPS) is 15.5. The molecule has 15 heavy (non-hydrogen) atoms. The van der Waals surface area contributed by atoms with Gasteiger partial charge < -0.3 is 4.74 Å². The summed E-state index contributed by atoms with van der Waals surface area (Å²) in [5.74, 6) is 0. The van der Waals surface area contributed by atoms with E-state index in [4.69, 9.17) is 4.74 Å². The van der Waals surface area contributed by atoms with Crippen LogP contribution in [0.5, 0.6) is 0 Å². The number of rotatable bonds is 5. The Labute approximate surface area is 100.0 Å². The van der Waals surface area contributed by atoms with Crippen molar-refractivity contribution in [3.05, 3.63) is 24.3 Å². The molecule has 0 radical (unpaired) electrons. The van der Waals surface area contributed by atoms with E-state index in [0.29, 0.717) is 0 Å². The van der Waals surface area contributed by atoms with Crippen molar-refractivity contribution >= 4 is 23.5 Å². The summed E-state index contributed by atoms with van der Waals surface area (Å²) >= 11 is 3.67. The van der Waals surface area contributed by atoms with Crippen molar-refractivity contribution in [1.82, 2.24) is 0 Å². The minimum atomic E-state index is 0.277. The summed E-state index contributed by atoms with van der Waals surface area (Å²) in [6, 6.07) is 8.52. The Bertz CT molecular complexity index is 289. The third-order valence-electron chi connectivity index (χ3n) is 2.30. The largest absolute Gasteiger partial charge is 0.357 e. The van der Waals surface area contributed by atoms with Gasteiger partial charge in [-0.05, 0) is 18.6 Å². The van der Waals surface area contributed by atoms with Gasteiger partial charge in [-0.25, -0.2) is 0 Å². The van der Waals surface area contributed by atoms with Crippen LogP contribution in [0.4, 0.5) is 0 Å². The van der Waals surface area contributed by atoms with E-state index >= 15 is 0 Å². The fourth-order valence-electron chi connectivity index (χ4n) is 1.48. The SMILES string of the molecule is CCCCCOC1Sc2ccccc2S1. The van der Waals surface area contributed by atoms with E-state index in [1.165, 1.54) is 29.1 Å². The van der Waals surface area contributed by atoms with Crippen LogP contribution in [0, 0.1) is 0 Å². The molecule has 1 nitrogen and oxygen atoms in total. The maximum Gasteiger partial charge on any atom is 0.158 e. The summed E-state index contributed by atoms with van der Waals surface area (Å²) in [6.45, 7) is 3.11. The second kappa shape index (κ2) is 5.83. The van der Waals surface area contributed by atoms with Crippen LogP contribution in [-0.4, -0.2) is 11.4 Å². The van der Waals surface area contributed by atoms with Crippen LogP contribution in [0.3, 0.4) is 0 Å². The lowest BCUT2D eigenvalue weighted by molar-refractivity contribution is 0.159. The van der Waals surface area contributed by atoms with E-state index in [9.17, 15) is 0 Å². The first-order chi connectivity index (χ1) is 7.40. The number of ether oxygens (including phenoxy) is 1. The van der Waals surface area contributed by atoms with Crippen LogP contribution in [0.15, 0.2) is 34.1 Å². The van der Waals surface area contributed by atoms with Crippen molar-refractivity contribution < 1.29 is 4.74 Å². The molecule has 0 unspecified atom stereocenters. The molecular weight excluding hydrogens is 224 g/mol. The van der Waals surface area contributed by atoms with Gasteiger partial charge in [-0.1, -0.05) is 55.4 Å². The van der Waals surface area contributed by atoms with Gasteiger partial charge in [0, 0.05) is 16.4 Å². The molecule has 0 bridgehead atoms. The molecule has 1 aromatic carbocycles. The van der Waals surface area contributed by atoms with E-state index < -0.39 is 0 Å². The molecule has 1 heterocycles. The summed E-state index contributed by atoms with van der Waals surface area (Å²) in [4.78, 5) is 2.73. The van der Waals surface area contributed by atoms with Gasteiger partial charge in [0.25, 0.3) is 0 Å². The smallest absolute Gasteiger partial charge is 0.158 e. The van der Waals surface area contributed by atoms with Crippen molar-refractivity contribution in [3.8, 4) is 0 Å². The van der Waals surface area contributed by atoms with Crippen molar-refractivity contribution in [2.75, 3.05) is 6.61 Å². The lowest BCUT2D eigenvalue weighted by Crippen LogP contribution is -2.01. The van der Waals surface area contributed by atoms with Crippen LogP contribution in [0.1, 0.15) is 26.2 Å². The first kappa shape index (κ1) is 11.4. The molecule has 0 atom stereocenters. The van der Waals surface area contributed by atoms with Crippen LogP contribution in [-0.2, 0) is 4.74 Å². The fourth-order valence-corrected chi connectivity index (χ4v) is 4.00. The lowest BCUT2D eigenvalue weighted by atomic mass is 10.3. The van der Waals surface area contributed by atoms with Crippen LogP contribution in [0.25, 0.3) is 0 Å². The number of hydrogen-bond acceptors (Lipinski definition) is 3.